The molecule has 0 saturated heterocycles. The van der Waals surface area contributed by atoms with Crippen LogP contribution in [-0.4, -0.2) is 16.0 Å². The molecule has 1 amide bonds. The molecule has 0 atom stereocenters. The molecule has 1 heterocycles. The number of hydrogen-bond acceptors (Lipinski definition) is 2. The minimum Gasteiger partial charge on any atom is -0.344 e. The highest BCUT2D eigenvalue weighted by Gasteiger charge is 2.36. The van der Waals surface area contributed by atoms with Gasteiger partial charge in [-0.2, -0.15) is 5.26 Å². The van der Waals surface area contributed by atoms with E-state index < -0.39 is 5.54 Å². The van der Waals surface area contributed by atoms with Crippen LogP contribution in [0.25, 0.3) is 0 Å². The molecule has 3 rings (SSSR count). The van der Waals surface area contributed by atoms with E-state index in [0.29, 0.717) is 5.56 Å². The monoisotopic (exact) mass is 321 g/mol. The number of aromatic nitrogens is 1. The molecule has 1 saturated carbocycles. The molecule has 1 aromatic carbocycles. The van der Waals surface area contributed by atoms with Crippen LogP contribution in [0.2, 0.25) is 0 Å². The van der Waals surface area contributed by atoms with E-state index >= 15 is 0 Å². The van der Waals surface area contributed by atoms with Crippen molar-refractivity contribution < 1.29 is 4.79 Å². The molecule has 2 aromatic rings. The lowest BCUT2D eigenvalue weighted by molar-refractivity contribution is 0.0920. The zero-order valence-electron chi connectivity index (χ0n) is 14.3. The van der Waals surface area contributed by atoms with Crippen molar-refractivity contribution in [1.82, 2.24) is 9.88 Å². The summed E-state index contributed by atoms with van der Waals surface area (Å²) in [5.74, 6) is -0.133. The molecule has 1 aliphatic carbocycles. The maximum absolute atomic E-state index is 12.7. The van der Waals surface area contributed by atoms with Gasteiger partial charge in [-0.1, -0.05) is 30.3 Å². The summed E-state index contributed by atoms with van der Waals surface area (Å²) in [6.45, 7) is 4.73. The van der Waals surface area contributed by atoms with Gasteiger partial charge in [0.15, 0.2) is 0 Å². The third-order valence-electron chi connectivity index (χ3n) is 5.03. The van der Waals surface area contributed by atoms with Crippen molar-refractivity contribution in [3.63, 3.8) is 0 Å². The predicted octanol–water partition coefficient (Wildman–Crippen LogP) is 3.72. The molecule has 1 aliphatic rings. The second-order valence-corrected chi connectivity index (χ2v) is 6.71. The van der Waals surface area contributed by atoms with Gasteiger partial charge >= 0.3 is 0 Å². The summed E-state index contributed by atoms with van der Waals surface area (Å²) in [4.78, 5) is 12.7. The van der Waals surface area contributed by atoms with E-state index in [1.165, 1.54) is 5.56 Å². The number of carbonyl (C=O) groups is 1. The first-order valence-corrected chi connectivity index (χ1v) is 8.49. The Kier molecular flexibility index (Phi) is 4.44. The highest BCUT2D eigenvalue weighted by Crippen LogP contribution is 2.29. The summed E-state index contributed by atoms with van der Waals surface area (Å²) >= 11 is 0. The number of nitriles is 1. The Hall–Kier alpha value is -2.54. The van der Waals surface area contributed by atoms with E-state index in [-0.39, 0.29) is 5.91 Å². The molecule has 4 heteroatoms. The average molecular weight is 321 g/mol. The smallest absolute Gasteiger partial charge is 0.254 e. The molecular weight excluding hydrogens is 298 g/mol. The van der Waals surface area contributed by atoms with Gasteiger partial charge in [0.25, 0.3) is 5.91 Å². The van der Waals surface area contributed by atoms with E-state index in [2.05, 4.69) is 28.1 Å². The van der Waals surface area contributed by atoms with Crippen LogP contribution in [0.5, 0.6) is 0 Å². The lowest BCUT2D eigenvalue weighted by Gasteiger charge is -2.22. The molecule has 4 nitrogen and oxygen atoms in total. The molecule has 1 fully saturated rings. The SMILES string of the molecule is Cc1cc(C(=O)NC2(C#N)CCCC2)c(C)n1Cc1ccccc1. The first kappa shape index (κ1) is 16.3. The maximum atomic E-state index is 12.7. The van der Waals surface area contributed by atoms with Crippen LogP contribution in [0.3, 0.4) is 0 Å². The molecule has 0 radical (unpaired) electrons. The minimum absolute atomic E-state index is 0.133. The van der Waals surface area contributed by atoms with Crippen LogP contribution in [0.15, 0.2) is 36.4 Å². The van der Waals surface area contributed by atoms with Gasteiger partial charge in [-0.15, -0.1) is 0 Å². The van der Waals surface area contributed by atoms with Crippen LogP contribution >= 0.6 is 0 Å². The molecule has 0 bridgehead atoms. The number of aryl methyl sites for hydroxylation is 1. The fraction of sp³-hybridized carbons (Fsp3) is 0.400. The number of carbonyl (C=O) groups excluding carboxylic acids is 1. The number of hydrogen-bond donors (Lipinski definition) is 1. The molecule has 1 N–H and O–H groups in total. The Morgan fingerprint density at radius 1 is 1.25 bits per heavy atom. The van der Waals surface area contributed by atoms with Crippen LogP contribution in [0, 0.1) is 25.2 Å². The third kappa shape index (κ3) is 3.07. The van der Waals surface area contributed by atoms with Crippen molar-refractivity contribution >= 4 is 5.91 Å². The summed E-state index contributed by atoms with van der Waals surface area (Å²) in [5, 5.41) is 12.5. The number of amides is 1. The average Bonchev–Trinajstić information content (AvgIpc) is 3.16. The lowest BCUT2D eigenvalue weighted by Crippen LogP contribution is -2.45. The van der Waals surface area contributed by atoms with E-state index in [1.807, 2.05) is 38.1 Å². The number of benzene rings is 1. The van der Waals surface area contributed by atoms with Crippen molar-refractivity contribution in [2.24, 2.45) is 0 Å². The summed E-state index contributed by atoms with van der Waals surface area (Å²) in [7, 11) is 0. The van der Waals surface area contributed by atoms with E-state index in [9.17, 15) is 10.1 Å². The second-order valence-electron chi connectivity index (χ2n) is 6.71. The van der Waals surface area contributed by atoms with Crippen molar-refractivity contribution in [3.8, 4) is 6.07 Å². The molecule has 0 unspecified atom stereocenters. The topological polar surface area (TPSA) is 57.8 Å². The molecule has 0 spiro atoms. The van der Waals surface area contributed by atoms with Crippen LogP contribution in [0.1, 0.15) is 53.0 Å². The Labute approximate surface area is 143 Å². The standard InChI is InChI=1S/C20H23N3O/c1-15-12-18(19(24)22-20(14-21)10-6-7-11-20)16(2)23(15)13-17-8-4-3-5-9-17/h3-5,8-9,12H,6-7,10-11,13H2,1-2H3,(H,22,24). The summed E-state index contributed by atoms with van der Waals surface area (Å²) in [6.07, 6.45) is 3.50. The number of rotatable bonds is 4. The van der Waals surface area contributed by atoms with Crippen molar-refractivity contribution in [2.45, 2.75) is 51.6 Å². The predicted molar refractivity (Wildman–Crippen MR) is 93.7 cm³/mol. The first-order chi connectivity index (χ1) is 11.5. The van der Waals surface area contributed by atoms with Crippen molar-refractivity contribution in [1.29, 1.82) is 5.26 Å². The van der Waals surface area contributed by atoms with Gasteiger partial charge in [-0.3, -0.25) is 4.79 Å². The molecule has 0 aliphatic heterocycles. The van der Waals surface area contributed by atoms with Crippen LogP contribution in [-0.2, 0) is 6.54 Å². The van der Waals surface area contributed by atoms with E-state index in [0.717, 1.165) is 43.6 Å². The normalized spacial score (nSPS) is 15.9. The quantitative estimate of drug-likeness (QED) is 0.933. The Morgan fingerprint density at radius 2 is 1.92 bits per heavy atom. The van der Waals surface area contributed by atoms with Crippen LogP contribution < -0.4 is 5.32 Å². The largest absolute Gasteiger partial charge is 0.344 e. The zero-order chi connectivity index (χ0) is 17.2. The van der Waals surface area contributed by atoms with Gasteiger partial charge < -0.3 is 9.88 Å². The van der Waals surface area contributed by atoms with Gasteiger partial charge in [-0.25, -0.2) is 0 Å². The van der Waals surface area contributed by atoms with Crippen molar-refractivity contribution in [3.05, 3.63) is 58.9 Å². The number of nitrogens with one attached hydrogen (secondary N) is 1. The third-order valence-corrected chi connectivity index (χ3v) is 5.03. The second kappa shape index (κ2) is 6.52. The minimum atomic E-state index is -0.682. The number of nitrogens with zero attached hydrogens (tertiary/aromatic N) is 2. The Bertz CT molecular complexity index is 777. The zero-order valence-corrected chi connectivity index (χ0v) is 14.3. The van der Waals surface area contributed by atoms with Gasteiger partial charge in [0, 0.05) is 17.9 Å². The van der Waals surface area contributed by atoms with Crippen molar-refractivity contribution in [2.75, 3.05) is 0 Å². The van der Waals surface area contributed by atoms with Crippen LogP contribution in [0.4, 0.5) is 0 Å². The lowest BCUT2D eigenvalue weighted by atomic mass is 9.99. The fourth-order valence-electron chi connectivity index (χ4n) is 3.57. The molecule has 24 heavy (non-hydrogen) atoms. The maximum Gasteiger partial charge on any atom is 0.254 e. The van der Waals surface area contributed by atoms with Gasteiger partial charge in [0.05, 0.1) is 11.6 Å². The first-order valence-electron chi connectivity index (χ1n) is 8.49. The molecular formula is C20H23N3O. The van der Waals surface area contributed by atoms with Gasteiger partial charge in [0.2, 0.25) is 0 Å². The summed E-state index contributed by atoms with van der Waals surface area (Å²) < 4.78 is 2.15. The highest BCUT2D eigenvalue weighted by atomic mass is 16.1. The fourth-order valence-corrected chi connectivity index (χ4v) is 3.57. The molecule has 1 aromatic heterocycles. The van der Waals surface area contributed by atoms with Gasteiger partial charge in [-0.05, 0) is 51.2 Å². The summed E-state index contributed by atoms with van der Waals surface area (Å²) in [5.41, 5.74) is 3.19. The highest BCUT2D eigenvalue weighted by molar-refractivity contribution is 5.96. The Balaban J connectivity index is 1.83. The van der Waals surface area contributed by atoms with E-state index in [4.69, 9.17) is 0 Å². The Morgan fingerprint density at radius 3 is 2.54 bits per heavy atom. The van der Waals surface area contributed by atoms with Gasteiger partial charge in [0.1, 0.15) is 5.54 Å². The molecule has 124 valence electrons. The summed E-state index contributed by atoms with van der Waals surface area (Å²) in [6, 6.07) is 14.5. The van der Waals surface area contributed by atoms with E-state index in [1.54, 1.807) is 0 Å².